The molecule has 1 N–H and O–H groups in total. The zero-order chi connectivity index (χ0) is 14.3. The second kappa shape index (κ2) is 7.63. The standard InChI is InChI=1S/C13H16ClNO4/c1-3-11(19-12(16)8-14)13(17)15-9-4-6-10(18-2)7-5-9/h4-7,11H,3,8H2,1-2H3,(H,15,17)/t11-/m0/s1. The van der Waals surface area contributed by atoms with Crippen molar-refractivity contribution < 1.29 is 19.1 Å². The summed E-state index contributed by atoms with van der Waals surface area (Å²) in [6.07, 6.45) is -0.460. The molecule has 0 aliphatic rings. The maximum absolute atomic E-state index is 11.9. The fourth-order valence-corrected chi connectivity index (χ4v) is 1.47. The fourth-order valence-electron chi connectivity index (χ4n) is 1.41. The molecule has 0 aromatic heterocycles. The average Bonchev–Trinajstić information content (AvgIpc) is 2.45. The minimum atomic E-state index is -0.839. The Kier molecular flexibility index (Phi) is 6.15. The average molecular weight is 286 g/mol. The zero-order valence-electron chi connectivity index (χ0n) is 10.8. The van der Waals surface area contributed by atoms with Crippen molar-refractivity contribution in [1.29, 1.82) is 0 Å². The van der Waals surface area contributed by atoms with E-state index in [4.69, 9.17) is 21.1 Å². The highest BCUT2D eigenvalue weighted by molar-refractivity contribution is 6.26. The van der Waals surface area contributed by atoms with Crippen LogP contribution in [-0.4, -0.2) is 31.0 Å². The molecule has 1 rings (SSSR count). The molecule has 1 aromatic rings. The van der Waals surface area contributed by atoms with Crippen molar-refractivity contribution in [1.82, 2.24) is 0 Å². The molecule has 0 aliphatic carbocycles. The normalized spacial score (nSPS) is 11.5. The van der Waals surface area contributed by atoms with Gasteiger partial charge in [0.05, 0.1) is 7.11 Å². The molecule has 0 saturated carbocycles. The summed E-state index contributed by atoms with van der Waals surface area (Å²) in [6, 6.07) is 6.85. The summed E-state index contributed by atoms with van der Waals surface area (Å²) in [5.74, 6) is -0.574. The van der Waals surface area contributed by atoms with Gasteiger partial charge in [0.2, 0.25) is 0 Å². The second-order valence-corrected chi connectivity index (χ2v) is 4.01. The quantitative estimate of drug-likeness (QED) is 0.643. The van der Waals surface area contributed by atoms with E-state index in [0.717, 1.165) is 0 Å². The third-order valence-electron chi connectivity index (χ3n) is 2.40. The SMILES string of the molecule is CC[C@H](OC(=O)CCl)C(=O)Nc1ccc(OC)cc1. The van der Waals surface area contributed by atoms with E-state index < -0.39 is 12.1 Å². The molecular weight excluding hydrogens is 270 g/mol. The summed E-state index contributed by atoms with van der Waals surface area (Å²) in [6.45, 7) is 1.75. The number of benzene rings is 1. The highest BCUT2D eigenvalue weighted by Crippen LogP contribution is 2.15. The molecule has 0 aliphatic heterocycles. The Morgan fingerprint density at radius 1 is 1.32 bits per heavy atom. The lowest BCUT2D eigenvalue weighted by molar-refractivity contribution is -0.151. The third-order valence-corrected chi connectivity index (χ3v) is 2.62. The van der Waals surface area contributed by atoms with Crippen LogP contribution in [0.15, 0.2) is 24.3 Å². The van der Waals surface area contributed by atoms with Crippen LogP contribution in [0.25, 0.3) is 0 Å². The van der Waals surface area contributed by atoms with Gasteiger partial charge in [0, 0.05) is 5.69 Å². The monoisotopic (exact) mass is 285 g/mol. The number of methoxy groups -OCH3 is 1. The predicted octanol–water partition coefficient (Wildman–Crippen LogP) is 2.19. The summed E-state index contributed by atoms with van der Waals surface area (Å²) < 4.78 is 9.93. The molecule has 0 spiro atoms. The molecule has 0 unspecified atom stereocenters. The largest absolute Gasteiger partial charge is 0.497 e. The Balaban J connectivity index is 2.62. The Hall–Kier alpha value is -1.75. The molecule has 0 radical (unpaired) electrons. The van der Waals surface area contributed by atoms with Crippen LogP contribution < -0.4 is 10.1 Å². The molecule has 0 heterocycles. The first-order valence-corrected chi connectivity index (χ1v) is 6.34. The number of alkyl halides is 1. The van der Waals surface area contributed by atoms with Crippen LogP contribution in [0, 0.1) is 0 Å². The number of amides is 1. The number of ether oxygens (including phenoxy) is 2. The van der Waals surface area contributed by atoms with Gasteiger partial charge in [0.25, 0.3) is 5.91 Å². The smallest absolute Gasteiger partial charge is 0.321 e. The van der Waals surface area contributed by atoms with Gasteiger partial charge in [-0.25, -0.2) is 0 Å². The van der Waals surface area contributed by atoms with Crippen molar-refractivity contribution in [2.75, 3.05) is 18.3 Å². The number of hydrogen-bond donors (Lipinski definition) is 1. The summed E-state index contributed by atoms with van der Waals surface area (Å²) in [5, 5.41) is 2.66. The maximum atomic E-state index is 11.9. The minimum absolute atomic E-state index is 0.272. The van der Waals surface area contributed by atoms with Gasteiger partial charge >= 0.3 is 5.97 Å². The Morgan fingerprint density at radius 3 is 2.42 bits per heavy atom. The molecule has 0 fully saturated rings. The van der Waals surface area contributed by atoms with Gasteiger partial charge in [0.15, 0.2) is 6.10 Å². The highest BCUT2D eigenvalue weighted by atomic mass is 35.5. The zero-order valence-corrected chi connectivity index (χ0v) is 11.6. The second-order valence-electron chi connectivity index (χ2n) is 3.74. The van der Waals surface area contributed by atoms with E-state index in [0.29, 0.717) is 17.9 Å². The molecule has 1 aromatic carbocycles. The van der Waals surface area contributed by atoms with E-state index in [2.05, 4.69) is 5.32 Å². The van der Waals surface area contributed by atoms with E-state index in [1.165, 1.54) is 0 Å². The topological polar surface area (TPSA) is 64.6 Å². The first-order chi connectivity index (χ1) is 9.10. The lowest BCUT2D eigenvalue weighted by Crippen LogP contribution is -2.32. The minimum Gasteiger partial charge on any atom is -0.497 e. The van der Waals surface area contributed by atoms with Crippen molar-refractivity contribution in [3.05, 3.63) is 24.3 Å². The summed E-state index contributed by atoms with van der Waals surface area (Å²) in [7, 11) is 1.56. The lowest BCUT2D eigenvalue weighted by atomic mass is 10.2. The van der Waals surface area contributed by atoms with Crippen molar-refractivity contribution in [2.45, 2.75) is 19.4 Å². The maximum Gasteiger partial charge on any atom is 0.321 e. The first-order valence-electron chi connectivity index (χ1n) is 5.81. The molecule has 1 atom stereocenters. The number of hydrogen-bond acceptors (Lipinski definition) is 4. The van der Waals surface area contributed by atoms with Crippen molar-refractivity contribution >= 4 is 29.2 Å². The van der Waals surface area contributed by atoms with Gasteiger partial charge in [-0.05, 0) is 30.7 Å². The first kappa shape index (κ1) is 15.3. The summed E-state index contributed by atoms with van der Waals surface area (Å²) in [4.78, 5) is 23.0. The fraction of sp³-hybridized carbons (Fsp3) is 0.385. The van der Waals surface area contributed by atoms with Gasteiger partial charge in [-0.2, -0.15) is 0 Å². The lowest BCUT2D eigenvalue weighted by Gasteiger charge is -2.15. The molecule has 19 heavy (non-hydrogen) atoms. The number of nitrogens with one attached hydrogen (secondary N) is 1. The van der Waals surface area contributed by atoms with Crippen LogP contribution in [-0.2, 0) is 14.3 Å². The van der Waals surface area contributed by atoms with Crippen molar-refractivity contribution in [3.63, 3.8) is 0 Å². The van der Waals surface area contributed by atoms with E-state index in [1.807, 2.05) is 0 Å². The molecule has 104 valence electrons. The Bertz CT molecular complexity index is 433. The van der Waals surface area contributed by atoms with Crippen LogP contribution in [0.1, 0.15) is 13.3 Å². The van der Waals surface area contributed by atoms with E-state index in [1.54, 1.807) is 38.3 Å². The van der Waals surface area contributed by atoms with Crippen LogP contribution in [0.4, 0.5) is 5.69 Å². The summed E-state index contributed by atoms with van der Waals surface area (Å²) >= 11 is 5.33. The van der Waals surface area contributed by atoms with Crippen molar-refractivity contribution in [3.8, 4) is 5.75 Å². The number of esters is 1. The van der Waals surface area contributed by atoms with Crippen LogP contribution in [0.3, 0.4) is 0 Å². The highest BCUT2D eigenvalue weighted by Gasteiger charge is 2.20. The van der Waals surface area contributed by atoms with Gasteiger partial charge in [-0.3, -0.25) is 9.59 Å². The van der Waals surface area contributed by atoms with Gasteiger partial charge in [0.1, 0.15) is 11.6 Å². The van der Waals surface area contributed by atoms with Gasteiger partial charge in [-0.1, -0.05) is 6.92 Å². The van der Waals surface area contributed by atoms with Crippen LogP contribution >= 0.6 is 11.6 Å². The Labute approximate surface area is 116 Å². The van der Waals surface area contributed by atoms with Crippen LogP contribution in [0.2, 0.25) is 0 Å². The van der Waals surface area contributed by atoms with Crippen LogP contribution in [0.5, 0.6) is 5.75 Å². The summed E-state index contributed by atoms with van der Waals surface area (Å²) in [5.41, 5.74) is 0.603. The van der Waals surface area contributed by atoms with Gasteiger partial charge in [-0.15, -0.1) is 11.6 Å². The number of rotatable bonds is 6. The number of halogens is 1. The van der Waals surface area contributed by atoms with E-state index >= 15 is 0 Å². The van der Waals surface area contributed by atoms with E-state index in [9.17, 15) is 9.59 Å². The van der Waals surface area contributed by atoms with E-state index in [-0.39, 0.29) is 11.8 Å². The molecule has 5 nitrogen and oxygen atoms in total. The number of carbonyl (C=O) groups excluding carboxylic acids is 2. The van der Waals surface area contributed by atoms with Gasteiger partial charge < -0.3 is 14.8 Å². The number of carbonyl (C=O) groups is 2. The molecule has 0 bridgehead atoms. The molecule has 0 saturated heterocycles. The van der Waals surface area contributed by atoms with Crippen molar-refractivity contribution in [2.24, 2.45) is 0 Å². The molecular formula is C13H16ClNO4. The predicted molar refractivity (Wildman–Crippen MR) is 72.5 cm³/mol. The third kappa shape index (κ3) is 4.79. The number of anilines is 1. The Morgan fingerprint density at radius 2 is 1.95 bits per heavy atom. The molecule has 6 heteroatoms. The molecule has 1 amide bonds.